The minimum absolute atomic E-state index is 0.0385. The van der Waals surface area contributed by atoms with Crippen LogP contribution in [0.15, 0.2) is 30.3 Å². The van der Waals surface area contributed by atoms with E-state index in [2.05, 4.69) is 63.0 Å². The zero-order valence-corrected chi connectivity index (χ0v) is 31.3. The number of nitrogens with two attached hydrogens (primary N) is 1. The molecule has 1 heterocycles. The normalized spacial score (nSPS) is 43.2. The molecule has 1 aromatic carbocycles. The summed E-state index contributed by atoms with van der Waals surface area (Å²) in [6.45, 7) is 16.1. The maximum absolute atomic E-state index is 12.1. The summed E-state index contributed by atoms with van der Waals surface area (Å²) in [5.41, 5.74) is 11.3. The predicted molar refractivity (Wildman–Crippen MR) is 193 cm³/mol. The molecule has 5 fully saturated rings. The molecule has 7 nitrogen and oxygen atoms in total. The van der Waals surface area contributed by atoms with E-state index in [0.717, 1.165) is 25.9 Å². The zero-order chi connectivity index (χ0) is 34.3. The maximum atomic E-state index is 12.1. The Hall–Kier alpha value is -1.74. The monoisotopic (exact) mass is 679 g/mol. The highest BCUT2D eigenvalue weighted by molar-refractivity contribution is 7.91. The molecule has 9 atom stereocenters. The third kappa shape index (κ3) is 5.20. The summed E-state index contributed by atoms with van der Waals surface area (Å²) in [6.07, 6.45) is 13.5. The van der Waals surface area contributed by atoms with E-state index < -0.39 is 9.84 Å². The van der Waals surface area contributed by atoms with Crippen molar-refractivity contribution in [2.75, 3.05) is 44.8 Å². The van der Waals surface area contributed by atoms with Crippen LogP contribution >= 0.6 is 0 Å². The second-order valence-electron chi connectivity index (χ2n) is 18.1. The van der Waals surface area contributed by atoms with Crippen molar-refractivity contribution in [2.24, 2.45) is 51.1 Å². The molecule has 0 unspecified atom stereocenters. The van der Waals surface area contributed by atoms with Crippen molar-refractivity contribution in [1.29, 1.82) is 0 Å². The second kappa shape index (κ2) is 11.9. The number of sulfone groups is 1. The summed E-state index contributed by atoms with van der Waals surface area (Å²) < 4.78 is 28.9. The van der Waals surface area contributed by atoms with Gasteiger partial charge in [0.2, 0.25) is 0 Å². The molecule has 1 saturated heterocycles. The molecule has 266 valence electrons. The fraction of sp³-hybridized carbons (Fsp3) is 0.775. The molecule has 0 amide bonds. The van der Waals surface area contributed by atoms with E-state index in [-0.39, 0.29) is 39.2 Å². The van der Waals surface area contributed by atoms with Crippen molar-refractivity contribution in [3.8, 4) is 0 Å². The number of fused-ring (bicyclic) bond motifs is 7. The Morgan fingerprint density at radius 2 is 1.62 bits per heavy atom. The molecule has 0 bridgehead atoms. The van der Waals surface area contributed by atoms with Crippen molar-refractivity contribution in [2.45, 2.75) is 104 Å². The number of rotatable bonds is 6. The van der Waals surface area contributed by atoms with E-state index in [4.69, 9.17) is 10.5 Å². The number of ether oxygens (including phenoxy) is 1. The van der Waals surface area contributed by atoms with Crippen molar-refractivity contribution in [1.82, 2.24) is 10.2 Å². The minimum atomic E-state index is -2.85. The average molecular weight is 680 g/mol. The van der Waals surface area contributed by atoms with Crippen LogP contribution in [0.4, 0.5) is 0 Å². The number of esters is 1. The summed E-state index contributed by atoms with van der Waals surface area (Å²) in [5.74, 6) is 2.72. The van der Waals surface area contributed by atoms with Gasteiger partial charge in [0, 0.05) is 37.8 Å². The van der Waals surface area contributed by atoms with Crippen LogP contribution in [0, 0.1) is 45.3 Å². The van der Waals surface area contributed by atoms with Gasteiger partial charge in [-0.05, 0) is 126 Å². The zero-order valence-electron chi connectivity index (χ0n) is 30.4. The van der Waals surface area contributed by atoms with Crippen molar-refractivity contribution >= 4 is 21.4 Å². The van der Waals surface area contributed by atoms with Gasteiger partial charge in [0.05, 0.1) is 24.2 Å². The molecule has 5 aliphatic carbocycles. The molecule has 6 aliphatic rings. The first-order valence-corrected chi connectivity index (χ1v) is 20.8. The van der Waals surface area contributed by atoms with Gasteiger partial charge in [-0.3, -0.25) is 0 Å². The van der Waals surface area contributed by atoms with Crippen LogP contribution in [0.1, 0.15) is 108 Å². The number of hydrogen-bond donors (Lipinski definition) is 2. The fourth-order valence-electron chi connectivity index (χ4n) is 13.4. The van der Waals surface area contributed by atoms with Gasteiger partial charge in [-0.15, -0.1) is 0 Å². The molecular formula is C40H61N3O4S. The summed E-state index contributed by atoms with van der Waals surface area (Å²) in [5, 5.41) is 4.12. The predicted octanol–water partition coefficient (Wildman–Crippen LogP) is 6.33. The largest absolute Gasteiger partial charge is 0.465 e. The third-order valence-corrected chi connectivity index (χ3v) is 17.6. The smallest absolute Gasteiger partial charge is 0.337 e. The number of allylic oxidation sites excluding steroid dienone is 2. The lowest BCUT2D eigenvalue weighted by molar-refractivity contribution is -0.218. The van der Waals surface area contributed by atoms with Gasteiger partial charge in [0.1, 0.15) is 0 Å². The maximum Gasteiger partial charge on any atom is 0.337 e. The van der Waals surface area contributed by atoms with Gasteiger partial charge >= 0.3 is 5.97 Å². The van der Waals surface area contributed by atoms with Crippen molar-refractivity contribution in [3.63, 3.8) is 0 Å². The Labute approximate surface area is 290 Å². The molecule has 7 rings (SSSR count). The first-order valence-electron chi connectivity index (χ1n) is 18.9. The van der Waals surface area contributed by atoms with Crippen LogP contribution < -0.4 is 11.1 Å². The number of methoxy groups -OCH3 is 1. The first kappa shape index (κ1) is 34.7. The van der Waals surface area contributed by atoms with Gasteiger partial charge in [-0.25, -0.2) is 13.2 Å². The third-order valence-electron chi connectivity index (χ3n) is 16.0. The molecule has 0 radical (unpaired) electrons. The van der Waals surface area contributed by atoms with Gasteiger partial charge in [0.15, 0.2) is 9.84 Å². The number of carbonyl (C=O) groups is 1. The Kier molecular flexibility index (Phi) is 8.61. The van der Waals surface area contributed by atoms with Crippen LogP contribution in [-0.2, 0) is 14.6 Å². The molecule has 0 aromatic heterocycles. The summed E-state index contributed by atoms with van der Waals surface area (Å²) >= 11 is 0. The molecule has 3 N–H and O–H groups in total. The van der Waals surface area contributed by atoms with Crippen molar-refractivity contribution < 1.29 is 17.9 Å². The van der Waals surface area contributed by atoms with Gasteiger partial charge in [0.25, 0.3) is 0 Å². The van der Waals surface area contributed by atoms with Crippen molar-refractivity contribution in [3.05, 3.63) is 41.5 Å². The number of hydrogen-bond acceptors (Lipinski definition) is 7. The standard InChI is InChI=1S/C40H61N3O4S/c1-36(2)29(27-7-9-28(10-8-27)35(44)47-6)13-16-37(3)32(36)15-17-39(5)33(37)12-11-30-34-31(41)14-18-40(34,20-19-38(30,39)4)42-21-22-43-23-25-48(45,46)26-24-43/h7-10,13,30-34,42H,11-12,14-26,41H2,1-6H3/t30-,31-,32+,33-,34+,37+,38-,39-,40+/m1/s1. The molecule has 8 heteroatoms. The molecule has 4 saturated carbocycles. The highest BCUT2D eigenvalue weighted by atomic mass is 32.2. The van der Waals surface area contributed by atoms with E-state index in [1.165, 1.54) is 63.2 Å². The topological polar surface area (TPSA) is 102 Å². The van der Waals surface area contributed by atoms with E-state index in [0.29, 0.717) is 53.8 Å². The van der Waals surface area contributed by atoms with Crippen LogP contribution in [0.25, 0.3) is 5.57 Å². The van der Waals surface area contributed by atoms with Crippen LogP contribution in [0.5, 0.6) is 0 Å². The first-order chi connectivity index (χ1) is 22.6. The molecule has 0 spiro atoms. The van der Waals surface area contributed by atoms with Gasteiger partial charge in [-0.1, -0.05) is 52.8 Å². The lowest BCUT2D eigenvalue weighted by atomic mass is 9.33. The molecule has 1 aliphatic heterocycles. The number of nitrogens with zero attached hydrogens (tertiary/aromatic N) is 1. The van der Waals surface area contributed by atoms with E-state index in [1.807, 2.05) is 12.1 Å². The summed E-state index contributed by atoms with van der Waals surface area (Å²) in [7, 11) is -1.42. The Morgan fingerprint density at radius 3 is 2.31 bits per heavy atom. The quantitative estimate of drug-likeness (QED) is 0.339. The Balaban J connectivity index is 1.11. The highest BCUT2D eigenvalue weighted by Gasteiger charge is 2.70. The lowest BCUT2D eigenvalue weighted by Crippen LogP contribution is -2.69. The summed E-state index contributed by atoms with van der Waals surface area (Å²) in [6, 6.07) is 8.31. The Morgan fingerprint density at radius 1 is 0.917 bits per heavy atom. The molecular weight excluding hydrogens is 619 g/mol. The SMILES string of the molecule is COC(=O)c1ccc(C2=CC[C@]3(C)[C@H]4CC[C@@H]5[C@H]6[C@H](N)CC[C@]6(NCCN6CCS(=O)(=O)CC6)CC[C@@]5(C)[C@]4(C)CC[C@H]3C2(C)C)cc1. The molecule has 1 aromatic rings. The molecule has 48 heavy (non-hydrogen) atoms. The lowest BCUT2D eigenvalue weighted by Gasteiger charge is -2.72. The number of carbonyl (C=O) groups excluding carboxylic acids is 1. The average Bonchev–Trinajstić information content (AvgIpc) is 3.38. The van der Waals surface area contributed by atoms with Crippen LogP contribution in [0.2, 0.25) is 0 Å². The number of nitrogens with one attached hydrogen (secondary N) is 1. The summed E-state index contributed by atoms with van der Waals surface area (Å²) in [4.78, 5) is 14.4. The van der Waals surface area contributed by atoms with Crippen LogP contribution in [-0.4, -0.2) is 75.7 Å². The fourth-order valence-corrected chi connectivity index (χ4v) is 14.7. The highest BCUT2D eigenvalue weighted by Crippen LogP contribution is 2.76. The minimum Gasteiger partial charge on any atom is -0.465 e. The Bertz CT molecular complexity index is 1540. The second-order valence-corrected chi connectivity index (χ2v) is 20.4. The van der Waals surface area contributed by atoms with Crippen LogP contribution in [0.3, 0.4) is 0 Å². The number of benzene rings is 1. The van der Waals surface area contributed by atoms with E-state index in [9.17, 15) is 13.2 Å². The van der Waals surface area contributed by atoms with Gasteiger partial charge < -0.3 is 20.7 Å². The van der Waals surface area contributed by atoms with E-state index >= 15 is 0 Å². The van der Waals surface area contributed by atoms with E-state index in [1.54, 1.807) is 0 Å². The van der Waals surface area contributed by atoms with Gasteiger partial charge in [-0.2, -0.15) is 0 Å².